The van der Waals surface area contributed by atoms with Gasteiger partial charge in [-0.05, 0) is 27.2 Å². The molecule has 0 aromatic heterocycles. The van der Waals surface area contributed by atoms with Crippen LogP contribution in [0.25, 0.3) is 0 Å². The van der Waals surface area contributed by atoms with Gasteiger partial charge in [-0.15, -0.1) is 0 Å². The molecule has 1 saturated heterocycles. The zero-order valence-electron chi connectivity index (χ0n) is 18.4. The summed E-state index contributed by atoms with van der Waals surface area (Å²) < 4.78 is 7.25. The molecule has 2 aliphatic heterocycles. The van der Waals surface area contributed by atoms with Crippen LogP contribution in [0.3, 0.4) is 0 Å². The Labute approximate surface area is 190 Å². The molecule has 0 aliphatic carbocycles. The lowest BCUT2D eigenvalue weighted by Crippen LogP contribution is -2.67. The number of benzene rings is 2. The maximum atomic E-state index is 11.8. The quantitative estimate of drug-likeness (QED) is 0.704. The normalized spacial score (nSPS) is 22.2. The summed E-state index contributed by atoms with van der Waals surface area (Å²) in [5.41, 5.74) is 5.49. The van der Waals surface area contributed by atoms with Gasteiger partial charge in [0.1, 0.15) is 5.50 Å². The first-order valence-electron chi connectivity index (χ1n) is 10.8. The van der Waals surface area contributed by atoms with Crippen molar-refractivity contribution in [3.05, 3.63) is 72.3 Å². The smallest absolute Gasteiger partial charge is 0.320 e. The van der Waals surface area contributed by atoms with Crippen LogP contribution in [0.5, 0.6) is 0 Å². The molecule has 31 heavy (non-hydrogen) atoms. The Bertz CT molecular complexity index is 893. The number of carbonyl (C=O) groups is 1. The summed E-state index contributed by atoms with van der Waals surface area (Å²) in [6.45, 7) is 8.58. The van der Waals surface area contributed by atoms with E-state index in [1.54, 1.807) is 22.9 Å². The predicted octanol–water partition coefficient (Wildman–Crippen LogP) is 3.52. The second-order valence-corrected chi connectivity index (χ2v) is 14.4. The van der Waals surface area contributed by atoms with E-state index < -0.39 is 14.3 Å². The van der Waals surface area contributed by atoms with E-state index >= 15 is 0 Å². The number of nitrogens with zero attached hydrogens (tertiary/aromatic N) is 2. The molecule has 0 radical (unpaired) electrons. The second-order valence-electron chi connectivity index (χ2n) is 9.18. The van der Waals surface area contributed by atoms with Gasteiger partial charge in [-0.3, -0.25) is 9.80 Å². The summed E-state index contributed by atoms with van der Waals surface area (Å²) in [5, 5.41) is 4.48. The SMILES string of the molecule is CC(C)(C)[Si](O[C@@H]1CCN(C2SC=CN2C(N)=O)C1)(c1ccccc1)c1ccccc1. The molecule has 2 N–H and O–H groups in total. The highest BCUT2D eigenvalue weighted by molar-refractivity contribution is 8.02. The first-order valence-corrected chi connectivity index (χ1v) is 13.6. The van der Waals surface area contributed by atoms with E-state index in [4.69, 9.17) is 10.2 Å². The summed E-state index contributed by atoms with van der Waals surface area (Å²) >= 11 is 1.62. The maximum absolute atomic E-state index is 11.8. The highest BCUT2D eigenvalue weighted by Crippen LogP contribution is 2.39. The zero-order valence-corrected chi connectivity index (χ0v) is 20.2. The fourth-order valence-electron chi connectivity index (χ4n) is 4.75. The van der Waals surface area contributed by atoms with Crippen molar-refractivity contribution in [2.75, 3.05) is 13.1 Å². The number of amides is 2. The predicted molar refractivity (Wildman–Crippen MR) is 131 cm³/mol. The van der Waals surface area contributed by atoms with Crippen LogP contribution in [-0.4, -0.2) is 48.8 Å². The van der Waals surface area contributed by atoms with E-state index in [0.717, 1.165) is 19.5 Å². The monoisotopic (exact) mass is 453 g/mol. The molecule has 0 bridgehead atoms. The summed E-state index contributed by atoms with van der Waals surface area (Å²) in [4.78, 5) is 15.7. The summed E-state index contributed by atoms with van der Waals surface area (Å²) in [6.07, 6.45) is 2.81. The molecule has 2 aromatic rings. The molecule has 0 saturated carbocycles. The van der Waals surface area contributed by atoms with Crippen molar-refractivity contribution in [2.24, 2.45) is 5.73 Å². The molecular formula is C24H31N3O2SSi. The van der Waals surface area contributed by atoms with Gasteiger partial charge in [0.2, 0.25) is 0 Å². The van der Waals surface area contributed by atoms with Crippen LogP contribution in [0, 0.1) is 0 Å². The Morgan fingerprint density at radius 3 is 2.16 bits per heavy atom. The van der Waals surface area contributed by atoms with Gasteiger partial charge >= 0.3 is 6.03 Å². The number of nitrogens with two attached hydrogens (primary N) is 1. The Morgan fingerprint density at radius 2 is 1.65 bits per heavy atom. The zero-order chi connectivity index (χ0) is 22.1. The van der Waals surface area contributed by atoms with E-state index in [0.29, 0.717) is 0 Å². The Balaban J connectivity index is 1.66. The van der Waals surface area contributed by atoms with Crippen molar-refractivity contribution in [1.82, 2.24) is 9.80 Å². The van der Waals surface area contributed by atoms with Crippen LogP contribution in [-0.2, 0) is 4.43 Å². The lowest BCUT2D eigenvalue weighted by atomic mass is 10.2. The highest BCUT2D eigenvalue weighted by atomic mass is 32.2. The Morgan fingerprint density at radius 1 is 1.06 bits per heavy atom. The molecule has 2 aromatic carbocycles. The number of primary amides is 1. The third-order valence-corrected chi connectivity index (χ3v) is 12.3. The maximum Gasteiger partial charge on any atom is 0.320 e. The van der Waals surface area contributed by atoms with Crippen LogP contribution in [0.4, 0.5) is 4.79 Å². The Kier molecular flexibility index (Phi) is 6.30. The fraction of sp³-hybridized carbons (Fsp3) is 0.375. The largest absolute Gasteiger partial charge is 0.403 e. The van der Waals surface area contributed by atoms with Crippen molar-refractivity contribution in [3.63, 3.8) is 0 Å². The van der Waals surface area contributed by atoms with E-state index in [1.807, 2.05) is 5.41 Å². The number of rotatable bonds is 5. The molecule has 2 amide bonds. The van der Waals surface area contributed by atoms with E-state index in [2.05, 4.69) is 86.3 Å². The molecule has 2 atom stereocenters. The minimum atomic E-state index is -2.58. The first-order chi connectivity index (χ1) is 14.8. The van der Waals surface area contributed by atoms with E-state index in [1.165, 1.54) is 10.4 Å². The molecule has 7 heteroatoms. The lowest BCUT2D eigenvalue weighted by Gasteiger charge is -2.44. The summed E-state index contributed by atoms with van der Waals surface area (Å²) in [7, 11) is -2.58. The minimum Gasteiger partial charge on any atom is -0.403 e. The number of likely N-dealkylation sites (tertiary alicyclic amines) is 1. The van der Waals surface area contributed by atoms with Crippen molar-refractivity contribution in [2.45, 2.75) is 43.8 Å². The number of hydrogen-bond donors (Lipinski definition) is 1. The molecular weight excluding hydrogens is 422 g/mol. The molecule has 1 unspecified atom stereocenters. The summed E-state index contributed by atoms with van der Waals surface area (Å²) in [6, 6.07) is 21.1. The second kappa shape index (κ2) is 8.82. The average Bonchev–Trinajstić information content (AvgIpc) is 3.42. The molecule has 164 valence electrons. The standard InChI is InChI=1S/C24H31N3O2SSi/c1-24(2,3)31(20-10-6-4-7-11-20,21-12-8-5-9-13-21)29-19-14-15-26(18-19)23-27(22(25)28)16-17-30-23/h4-13,16-17,19,23H,14-15,18H2,1-3H3,(H2,25,28)/t19-,23?/m1/s1. The molecule has 4 rings (SSSR count). The van der Waals surface area contributed by atoms with Crippen LogP contribution >= 0.6 is 11.8 Å². The molecule has 0 spiro atoms. The van der Waals surface area contributed by atoms with Gasteiger partial charge in [0, 0.05) is 19.3 Å². The van der Waals surface area contributed by atoms with Gasteiger partial charge < -0.3 is 10.2 Å². The van der Waals surface area contributed by atoms with Gasteiger partial charge in [0.05, 0.1) is 6.10 Å². The average molecular weight is 454 g/mol. The number of carbonyl (C=O) groups excluding carboxylic acids is 1. The summed E-state index contributed by atoms with van der Waals surface area (Å²) in [5.74, 6) is 0. The Hall–Kier alpha value is -2.06. The van der Waals surface area contributed by atoms with Crippen LogP contribution in [0.2, 0.25) is 5.04 Å². The van der Waals surface area contributed by atoms with Crippen molar-refractivity contribution < 1.29 is 9.22 Å². The van der Waals surface area contributed by atoms with Crippen LogP contribution < -0.4 is 16.1 Å². The fourth-order valence-corrected chi connectivity index (χ4v) is 10.5. The number of urea groups is 1. The topological polar surface area (TPSA) is 58.8 Å². The highest BCUT2D eigenvalue weighted by Gasteiger charge is 2.52. The van der Waals surface area contributed by atoms with E-state index in [9.17, 15) is 4.79 Å². The minimum absolute atomic E-state index is 0.0496. The molecule has 2 aliphatic rings. The van der Waals surface area contributed by atoms with Gasteiger partial charge in [-0.1, -0.05) is 93.2 Å². The van der Waals surface area contributed by atoms with Gasteiger partial charge in [0.15, 0.2) is 0 Å². The van der Waals surface area contributed by atoms with Gasteiger partial charge in [-0.2, -0.15) is 0 Å². The molecule has 2 heterocycles. The lowest BCUT2D eigenvalue weighted by molar-refractivity contribution is 0.149. The van der Waals surface area contributed by atoms with Crippen LogP contribution in [0.15, 0.2) is 72.3 Å². The third-order valence-electron chi connectivity index (χ3n) is 6.16. The van der Waals surface area contributed by atoms with Gasteiger partial charge in [-0.25, -0.2) is 4.79 Å². The third kappa shape index (κ3) is 4.19. The first kappa shape index (κ1) is 22.1. The van der Waals surface area contributed by atoms with Crippen molar-refractivity contribution in [3.8, 4) is 0 Å². The number of thioether (sulfide) groups is 1. The van der Waals surface area contributed by atoms with Crippen LogP contribution in [0.1, 0.15) is 27.2 Å². The van der Waals surface area contributed by atoms with Crippen molar-refractivity contribution in [1.29, 1.82) is 0 Å². The van der Waals surface area contributed by atoms with E-state index in [-0.39, 0.29) is 16.6 Å². The van der Waals surface area contributed by atoms with Gasteiger partial charge in [0.25, 0.3) is 8.32 Å². The molecule has 5 nitrogen and oxygen atoms in total. The number of hydrogen-bond acceptors (Lipinski definition) is 4. The molecule has 1 fully saturated rings. The van der Waals surface area contributed by atoms with Crippen molar-refractivity contribution >= 4 is 36.5 Å².